The van der Waals surface area contributed by atoms with Crippen LogP contribution >= 0.6 is 23.2 Å². The normalized spacial score (nSPS) is 11.7. The zero-order chi connectivity index (χ0) is 28.4. The number of sulfone groups is 1. The van der Waals surface area contributed by atoms with Crippen molar-refractivity contribution in [2.75, 3.05) is 12.9 Å². The molecule has 204 valence electrons. The number of carbonyl (C=O) groups excluding carboxylic acids is 1. The molecule has 0 saturated carbocycles. The molecule has 0 bridgehead atoms. The number of halogens is 2. The van der Waals surface area contributed by atoms with Gasteiger partial charge in [-0.15, -0.1) is 0 Å². The van der Waals surface area contributed by atoms with Gasteiger partial charge >= 0.3 is 5.97 Å². The van der Waals surface area contributed by atoms with E-state index in [0.29, 0.717) is 15.6 Å². The molecular formula is C32H27Cl2NO4S. The van der Waals surface area contributed by atoms with Crippen molar-refractivity contribution in [3.63, 3.8) is 0 Å². The minimum atomic E-state index is -3.65. The topological polar surface area (TPSA) is 65.4 Å². The van der Waals surface area contributed by atoms with Gasteiger partial charge in [0.05, 0.1) is 44.9 Å². The summed E-state index contributed by atoms with van der Waals surface area (Å²) >= 11 is 13.0. The van der Waals surface area contributed by atoms with Gasteiger partial charge in [-0.25, -0.2) is 13.2 Å². The van der Waals surface area contributed by atoms with Crippen LogP contribution in [0.15, 0.2) is 102 Å². The van der Waals surface area contributed by atoms with Crippen molar-refractivity contribution in [1.82, 2.24) is 4.57 Å². The monoisotopic (exact) mass is 591 g/mol. The Bertz CT molecular complexity index is 1740. The lowest BCUT2D eigenvalue weighted by Crippen LogP contribution is -2.14. The first-order valence-corrected chi connectivity index (χ1v) is 15.1. The Morgan fingerprint density at radius 2 is 1.40 bits per heavy atom. The Kier molecular flexibility index (Phi) is 8.04. The molecule has 0 unspecified atom stereocenters. The van der Waals surface area contributed by atoms with E-state index in [1.165, 1.54) is 31.4 Å². The highest BCUT2D eigenvalue weighted by molar-refractivity contribution is 7.91. The molecule has 0 aliphatic heterocycles. The molecule has 0 saturated heterocycles. The highest BCUT2D eigenvalue weighted by atomic mass is 35.5. The first kappa shape index (κ1) is 28.0. The van der Waals surface area contributed by atoms with Gasteiger partial charge in [-0.05, 0) is 66.4 Å². The SMILES string of the molecule is COC(=O)c1ccc(S(=O)(=O)CCc2c(C)n(C(c3ccccc3)c3ccccc3)c3cc(Cl)c(Cl)cc23)cc1. The van der Waals surface area contributed by atoms with E-state index in [1.807, 2.05) is 55.5 Å². The molecule has 0 aliphatic carbocycles. The molecule has 5 aromatic rings. The fraction of sp³-hybridized carbons (Fsp3) is 0.156. The van der Waals surface area contributed by atoms with Crippen LogP contribution < -0.4 is 0 Å². The molecule has 8 heteroatoms. The summed E-state index contributed by atoms with van der Waals surface area (Å²) in [4.78, 5) is 11.9. The van der Waals surface area contributed by atoms with Gasteiger partial charge in [0.2, 0.25) is 0 Å². The van der Waals surface area contributed by atoms with Crippen LogP contribution in [0.4, 0.5) is 0 Å². The first-order valence-electron chi connectivity index (χ1n) is 12.7. The van der Waals surface area contributed by atoms with E-state index in [4.69, 9.17) is 27.9 Å². The van der Waals surface area contributed by atoms with Gasteiger partial charge in [0.1, 0.15) is 0 Å². The van der Waals surface area contributed by atoms with Crippen molar-refractivity contribution in [2.45, 2.75) is 24.3 Å². The number of esters is 1. The molecule has 5 nitrogen and oxygen atoms in total. The van der Waals surface area contributed by atoms with Crippen molar-refractivity contribution in [2.24, 2.45) is 0 Å². The van der Waals surface area contributed by atoms with Gasteiger partial charge in [-0.3, -0.25) is 0 Å². The van der Waals surface area contributed by atoms with Gasteiger partial charge < -0.3 is 9.30 Å². The van der Waals surface area contributed by atoms with Crippen LogP contribution in [0.5, 0.6) is 0 Å². The number of hydrogen-bond acceptors (Lipinski definition) is 4. The summed E-state index contributed by atoms with van der Waals surface area (Å²) in [7, 11) is -2.36. The lowest BCUT2D eigenvalue weighted by Gasteiger charge is -2.24. The van der Waals surface area contributed by atoms with Gasteiger partial charge in [0.15, 0.2) is 9.84 Å². The van der Waals surface area contributed by atoms with E-state index >= 15 is 0 Å². The molecule has 40 heavy (non-hydrogen) atoms. The molecule has 0 amide bonds. The molecule has 4 aromatic carbocycles. The number of aromatic nitrogens is 1. The summed E-state index contributed by atoms with van der Waals surface area (Å²) in [6.07, 6.45) is 0.269. The highest BCUT2D eigenvalue weighted by Gasteiger charge is 2.26. The number of aryl methyl sites for hydroxylation is 1. The van der Waals surface area contributed by atoms with Crippen LogP contribution in [0.2, 0.25) is 10.0 Å². The second-order valence-electron chi connectivity index (χ2n) is 9.53. The third-order valence-corrected chi connectivity index (χ3v) is 9.62. The van der Waals surface area contributed by atoms with Crippen LogP contribution in [0.25, 0.3) is 10.9 Å². The Hall–Kier alpha value is -3.58. The molecule has 1 heterocycles. The van der Waals surface area contributed by atoms with Gasteiger partial charge in [0, 0.05) is 11.1 Å². The van der Waals surface area contributed by atoms with Gasteiger partial charge in [-0.2, -0.15) is 0 Å². The number of nitrogens with zero attached hydrogens (tertiary/aromatic N) is 1. The van der Waals surface area contributed by atoms with Crippen molar-refractivity contribution < 1.29 is 17.9 Å². The average molecular weight is 593 g/mol. The zero-order valence-electron chi connectivity index (χ0n) is 22.0. The van der Waals surface area contributed by atoms with Crippen molar-refractivity contribution in [3.8, 4) is 0 Å². The van der Waals surface area contributed by atoms with Crippen LogP contribution in [0, 0.1) is 6.92 Å². The molecule has 1 aromatic heterocycles. The number of methoxy groups -OCH3 is 1. The lowest BCUT2D eigenvalue weighted by atomic mass is 9.98. The Morgan fingerprint density at radius 1 is 0.850 bits per heavy atom. The van der Waals surface area contributed by atoms with Gasteiger partial charge in [0.25, 0.3) is 0 Å². The number of rotatable bonds is 8. The predicted octanol–water partition coefficient (Wildman–Crippen LogP) is 7.70. The zero-order valence-corrected chi connectivity index (χ0v) is 24.3. The highest BCUT2D eigenvalue weighted by Crippen LogP contribution is 2.39. The molecule has 0 atom stereocenters. The van der Waals surface area contributed by atoms with Crippen molar-refractivity contribution >= 4 is 49.9 Å². The van der Waals surface area contributed by atoms with Crippen LogP contribution in [0.1, 0.15) is 38.8 Å². The summed E-state index contributed by atoms with van der Waals surface area (Å²) in [6, 6.07) is 29.7. The minimum absolute atomic E-state index is 0.119. The second-order valence-corrected chi connectivity index (χ2v) is 12.4. The quantitative estimate of drug-likeness (QED) is 0.173. The predicted molar refractivity (Wildman–Crippen MR) is 160 cm³/mol. The first-order chi connectivity index (χ1) is 19.2. The number of hydrogen-bond donors (Lipinski definition) is 0. The standard InChI is InChI=1S/C32H27Cl2NO4S/c1-21-26(17-18-40(37,38)25-15-13-24(14-16-25)32(36)39-2)27-19-28(33)29(34)20-30(27)35(21)31(22-9-5-3-6-10-22)23-11-7-4-8-12-23/h3-16,19-20,31H,17-18H2,1-2H3. The number of ether oxygens (including phenoxy) is 1. The molecule has 0 aliphatic rings. The third-order valence-electron chi connectivity index (χ3n) is 7.17. The second kappa shape index (κ2) is 11.5. The van der Waals surface area contributed by atoms with E-state index in [2.05, 4.69) is 28.8 Å². The third kappa shape index (κ3) is 5.39. The molecule has 5 rings (SSSR count). The Balaban J connectivity index is 1.61. The van der Waals surface area contributed by atoms with E-state index < -0.39 is 15.8 Å². The number of carbonyl (C=O) groups is 1. The van der Waals surface area contributed by atoms with E-state index in [-0.39, 0.29) is 23.1 Å². The maximum absolute atomic E-state index is 13.3. The lowest BCUT2D eigenvalue weighted by molar-refractivity contribution is 0.0600. The van der Waals surface area contributed by atoms with E-state index in [1.54, 1.807) is 0 Å². The number of benzene rings is 4. The molecule has 0 N–H and O–H groups in total. The Labute approximate surface area is 243 Å². The van der Waals surface area contributed by atoms with Crippen LogP contribution in [-0.4, -0.2) is 31.8 Å². The fourth-order valence-electron chi connectivity index (χ4n) is 5.18. The summed E-state index contributed by atoms with van der Waals surface area (Å²) in [5.41, 5.74) is 5.16. The average Bonchev–Trinajstić information content (AvgIpc) is 3.22. The van der Waals surface area contributed by atoms with Crippen molar-refractivity contribution in [3.05, 3.63) is 135 Å². The minimum Gasteiger partial charge on any atom is -0.465 e. The fourth-order valence-corrected chi connectivity index (χ4v) is 6.76. The smallest absolute Gasteiger partial charge is 0.337 e. The molecular weight excluding hydrogens is 565 g/mol. The van der Waals surface area contributed by atoms with Gasteiger partial charge in [-0.1, -0.05) is 83.9 Å². The summed E-state index contributed by atoms with van der Waals surface area (Å²) in [5, 5.41) is 1.70. The molecule has 0 fully saturated rings. The maximum Gasteiger partial charge on any atom is 0.337 e. The van der Waals surface area contributed by atoms with E-state index in [0.717, 1.165) is 33.3 Å². The summed E-state index contributed by atoms with van der Waals surface area (Å²) in [6.45, 7) is 2.01. The largest absolute Gasteiger partial charge is 0.465 e. The number of fused-ring (bicyclic) bond motifs is 1. The Morgan fingerprint density at radius 3 is 1.95 bits per heavy atom. The van der Waals surface area contributed by atoms with E-state index in [9.17, 15) is 13.2 Å². The maximum atomic E-state index is 13.3. The van der Waals surface area contributed by atoms with Crippen molar-refractivity contribution in [1.29, 1.82) is 0 Å². The van der Waals surface area contributed by atoms with Crippen LogP contribution in [-0.2, 0) is 21.0 Å². The molecule has 0 radical (unpaired) electrons. The molecule has 0 spiro atoms. The van der Waals surface area contributed by atoms with Crippen LogP contribution in [0.3, 0.4) is 0 Å². The summed E-state index contributed by atoms with van der Waals surface area (Å²) < 4.78 is 33.6. The summed E-state index contributed by atoms with van der Waals surface area (Å²) in [5.74, 6) is -0.638.